The normalized spacial score (nSPS) is 18.0. The second-order valence-electron chi connectivity index (χ2n) is 5.07. The molecule has 1 saturated carbocycles. The van der Waals surface area contributed by atoms with Crippen molar-refractivity contribution in [2.75, 3.05) is 0 Å². The van der Waals surface area contributed by atoms with Crippen LogP contribution in [0.3, 0.4) is 0 Å². The summed E-state index contributed by atoms with van der Waals surface area (Å²) in [5.74, 6) is 1.73. The summed E-state index contributed by atoms with van der Waals surface area (Å²) in [6, 6.07) is 0. The van der Waals surface area contributed by atoms with Gasteiger partial charge in [0.1, 0.15) is 10.5 Å². The van der Waals surface area contributed by atoms with Crippen molar-refractivity contribution in [3.63, 3.8) is 0 Å². The third-order valence-corrected chi connectivity index (χ3v) is 4.18. The van der Waals surface area contributed by atoms with Gasteiger partial charge in [0, 0.05) is 17.2 Å². The summed E-state index contributed by atoms with van der Waals surface area (Å²) in [6.07, 6.45) is 8.93. The van der Waals surface area contributed by atoms with Crippen molar-refractivity contribution in [2.24, 2.45) is 0 Å². The molecule has 17 heavy (non-hydrogen) atoms. The first kappa shape index (κ1) is 12.7. The van der Waals surface area contributed by atoms with Gasteiger partial charge in [0.05, 0.1) is 0 Å². The standard InChI is InChI=1S/C14H22N2S/c1-3-12-10(2)15-13(16-14(12)17)11-8-6-4-5-7-9-11/h11H,3-9H2,1-2H3,(H,15,16,17). The first-order valence-electron chi connectivity index (χ1n) is 6.82. The van der Waals surface area contributed by atoms with Gasteiger partial charge >= 0.3 is 0 Å². The van der Waals surface area contributed by atoms with Gasteiger partial charge in [0.2, 0.25) is 0 Å². The Bertz CT molecular complexity index is 428. The first-order chi connectivity index (χ1) is 8.22. The molecule has 1 fully saturated rings. The highest BCUT2D eigenvalue weighted by Crippen LogP contribution is 2.29. The summed E-state index contributed by atoms with van der Waals surface area (Å²) in [5, 5.41) is 0. The molecule has 1 aromatic rings. The summed E-state index contributed by atoms with van der Waals surface area (Å²) >= 11 is 5.40. The number of rotatable bonds is 2. The van der Waals surface area contributed by atoms with Crippen LogP contribution in [-0.4, -0.2) is 9.97 Å². The van der Waals surface area contributed by atoms with Crippen LogP contribution in [0.15, 0.2) is 0 Å². The lowest BCUT2D eigenvalue weighted by Gasteiger charge is -2.15. The average molecular weight is 250 g/mol. The van der Waals surface area contributed by atoms with Gasteiger partial charge in [-0.3, -0.25) is 0 Å². The van der Waals surface area contributed by atoms with Gasteiger partial charge in [0.25, 0.3) is 0 Å². The van der Waals surface area contributed by atoms with Crippen LogP contribution in [-0.2, 0) is 6.42 Å². The van der Waals surface area contributed by atoms with E-state index in [2.05, 4.69) is 23.8 Å². The highest BCUT2D eigenvalue weighted by atomic mass is 32.1. The molecule has 0 bridgehead atoms. The van der Waals surface area contributed by atoms with Crippen LogP contribution in [0, 0.1) is 11.6 Å². The predicted molar refractivity (Wildman–Crippen MR) is 74.0 cm³/mol. The number of hydrogen-bond acceptors (Lipinski definition) is 2. The minimum absolute atomic E-state index is 0.601. The number of nitrogens with zero attached hydrogens (tertiary/aromatic N) is 1. The van der Waals surface area contributed by atoms with E-state index in [4.69, 9.17) is 12.2 Å². The molecular weight excluding hydrogens is 228 g/mol. The Morgan fingerprint density at radius 1 is 1.24 bits per heavy atom. The molecule has 1 N–H and O–H groups in total. The zero-order valence-corrected chi connectivity index (χ0v) is 11.7. The van der Waals surface area contributed by atoms with Gasteiger partial charge in [-0.05, 0) is 26.2 Å². The molecule has 1 aromatic heterocycles. The molecule has 0 aromatic carbocycles. The van der Waals surface area contributed by atoms with Crippen molar-refractivity contribution in [2.45, 2.75) is 64.7 Å². The van der Waals surface area contributed by atoms with E-state index in [9.17, 15) is 0 Å². The zero-order chi connectivity index (χ0) is 12.3. The Kier molecular flexibility index (Phi) is 4.32. The maximum Gasteiger partial charge on any atom is 0.133 e. The van der Waals surface area contributed by atoms with Crippen molar-refractivity contribution in [1.29, 1.82) is 0 Å². The highest BCUT2D eigenvalue weighted by molar-refractivity contribution is 7.71. The molecule has 2 nitrogen and oxygen atoms in total. The summed E-state index contributed by atoms with van der Waals surface area (Å²) in [7, 11) is 0. The maximum absolute atomic E-state index is 5.40. The molecular formula is C14H22N2S. The summed E-state index contributed by atoms with van der Waals surface area (Å²) in [6.45, 7) is 4.26. The Balaban J connectivity index is 2.29. The minimum atomic E-state index is 0.601. The maximum atomic E-state index is 5.40. The molecule has 0 amide bonds. The molecule has 0 spiro atoms. The Morgan fingerprint density at radius 2 is 1.88 bits per heavy atom. The Hall–Kier alpha value is -0.700. The smallest absolute Gasteiger partial charge is 0.133 e. The van der Waals surface area contributed by atoms with Crippen LogP contribution in [0.4, 0.5) is 0 Å². The molecule has 1 aliphatic rings. The number of nitrogens with one attached hydrogen (secondary N) is 1. The Labute approximate surface area is 109 Å². The number of hydrogen-bond donors (Lipinski definition) is 1. The van der Waals surface area contributed by atoms with Crippen LogP contribution in [0.25, 0.3) is 0 Å². The lowest BCUT2D eigenvalue weighted by atomic mass is 9.99. The SMILES string of the molecule is CCc1c(C)[nH]c(C2CCCCCC2)nc1=S. The van der Waals surface area contributed by atoms with E-state index in [-0.39, 0.29) is 0 Å². The third kappa shape index (κ3) is 2.95. The lowest BCUT2D eigenvalue weighted by Crippen LogP contribution is -2.07. The first-order valence-corrected chi connectivity index (χ1v) is 7.23. The van der Waals surface area contributed by atoms with Gasteiger partial charge in [0.15, 0.2) is 0 Å². The van der Waals surface area contributed by atoms with Gasteiger partial charge in [-0.1, -0.05) is 44.8 Å². The third-order valence-electron chi connectivity index (χ3n) is 3.84. The van der Waals surface area contributed by atoms with Gasteiger partial charge < -0.3 is 4.98 Å². The van der Waals surface area contributed by atoms with Crippen molar-refractivity contribution < 1.29 is 0 Å². The molecule has 1 heterocycles. The fraction of sp³-hybridized carbons (Fsp3) is 0.714. The Morgan fingerprint density at radius 3 is 2.41 bits per heavy atom. The van der Waals surface area contributed by atoms with E-state index >= 15 is 0 Å². The molecule has 0 unspecified atom stereocenters. The molecule has 94 valence electrons. The molecule has 0 saturated heterocycles. The van der Waals surface area contributed by atoms with E-state index in [1.54, 1.807) is 0 Å². The van der Waals surface area contributed by atoms with Gasteiger partial charge in [-0.2, -0.15) is 0 Å². The topological polar surface area (TPSA) is 28.7 Å². The van der Waals surface area contributed by atoms with Gasteiger partial charge in [-0.25, -0.2) is 4.98 Å². The summed E-state index contributed by atoms with van der Waals surface area (Å²) in [5.41, 5.74) is 2.42. The number of aromatic amines is 1. The molecule has 1 aliphatic carbocycles. The lowest BCUT2D eigenvalue weighted by molar-refractivity contribution is 0.556. The van der Waals surface area contributed by atoms with Crippen LogP contribution >= 0.6 is 12.2 Å². The van der Waals surface area contributed by atoms with Crippen LogP contribution in [0.2, 0.25) is 0 Å². The number of aryl methyl sites for hydroxylation is 1. The largest absolute Gasteiger partial charge is 0.347 e. The van der Waals surface area contributed by atoms with E-state index in [1.807, 2.05) is 0 Å². The molecule has 0 atom stereocenters. The van der Waals surface area contributed by atoms with Crippen molar-refractivity contribution in [3.8, 4) is 0 Å². The van der Waals surface area contributed by atoms with Crippen LogP contribution in [0.5, 0.6) is 0 Å². The number of H-pyrrole nitrogens is 1. The quantitative estimate of drug-likeness (QED) is 0.620. The monoisotopic (exact) mass is 250 g/mol. The van der Waals surface area contributed by atoms with E-state index in [0.29, 0.717) is 5.92 Å². The highest BCUT2D eigenvalue weighted by Gasteiger charge is 2.17. The fourth-order valence-corrected chi connectivity index (χ4v) is 3.19. The second kappa shape index (κ2) is 5.76. The predicted octanol–water partition coefficient (Wildman–Crippen LogP) is 4.45. The van der Waals surface area contributed by atoms with Crippen molar-refractivity contribution >= 4 is 12.2 Å². The van der Waals surface area contributed by atoms with E-state index in [0.717, 1.165) is 16.9 Å². The van der Waals surface area contributed by atoms with E-state index < -0.39 is 0 Å². The minimum Gasteiger partial charge on any atom is -0.347 e. The molecule has 0 radical (unpaired) electrons. The fourth-order valence-electron chi connectivity index (χ4n) is 2.80. The second-order valence-corrected chi connectivity index (χ2v) is 5.46. The summed E-state index contributed by atoms with van der Waals surface area (Å²) in [4.78, 5) is 8.12. The molecule has 0 aliphatic heterocycles. The summed E-state index contributed by atoms with van der Waals surface area (Å²) < 4.78 is 0.808. The molecule has 2 rings (SSSR count). The van der Waals surface area contributed by atoms with Gasteiger partial charge in [-0.15, -0.1) is 0 Å². The average Bonchev–Trinajstić information content (AvgIpc) is 2.57. The number of aromatic nitrogens is 2. The zero-order valence-electron chi connectivity index (χ0n) is 10.9. The van der Waals surface area contributed by atoms with E-state index in [1.165, 1.54) is 49.8 Å². The van der Waals surface area contributed by atoms with Crippen LogP contribution < -0.4 is 0 Å². The van der Waals surface area contributed by atoms with Crippen molar-refractivity contribution in [3.05, 3.63) is 21.7 Å². The molecule has 3 heteroatoms. The van der Waals surface area contributed by atoms with Crippen LogP contribution in [0.1, 0.15) is 68.4 Å². The van der Waals surface area contributed by atoms with Crippen molar-refractivity contribution in [1.82, 2.24) is 9.97 Å².